The predicted octanol–water partition coefficient (Wildman–Crippen LogP) is 2.94. The number of amides is 1. The zero-order valence-electron chi connectivity index (χ0n) is 15.0. The van der Waals surface area contributed by atoms with Crippen LogP contribution in [0, 0.1) is 0 Å². The molecular weight excluding hydrogens is 330 g/mol. The number of carbonyl (C=O) groups is 1. The maximum absolute atomic E-state index is 12.6. The lowest BCUT2D eigenvalue weighted by Gasteiger charge is -2.32. The Bertz CT molecular complexity index is 687. The van der Waals surface area contributed by atoms with Crippen molar-refractivity contribution in [3.63, 3.8) is 0 Å². The maximum atomic E-state index is 12.6. The molecule has 1 aliphatic rings. The summed E-state index contributed by atoms with van der Waals surface area (Å²) in [5.74, 6) is -0.0887. The van der Waals surface area contributed by atoms with Gasteiger partial charge >= 0.3 is 0 Å². The van der Waals surface area contributed by atoms with Gasteiger partial charge in [-0.25, -0.2) is 0 Å². The maximum Gasteiger partial charge on any atom is 0.251 e. The molecule has 1 saturated heterocycles. The van der Waals surface area contributed by atoms with Crippen LogP contribution in [0.2, 0.25) is 0 Å². The first-order chi connectivity index (χ1) is 12.8. The number of hydrogen-bond acceptors (Lipinski definition) is 4. The summed E-state index contributed by atoms with van der Waals surface area (Å²) in [6.07, 6.45) is 0.591. The topological polar surface area (TPSA) is 56.8 Å². The highest BCUT2D eigenvalue weighted by Crippen LogP contribution is 2.15. The van der Waals surface area contributed by atoms with Crippen LogP contribution in [-0.4, -0.2) is 38.4 Å². The molecule has 5 heteroatoms. The van der Waals surface area contributed by atoms with Gasteiger partial charge in [0.05, 0.1) is 25.9 Å². The number of rotatable bonds is 7. The van der Waals surface area contributed by atoms with Crippen molar-refractivity contribution in [1.82, 2.24) is 5.32 Å². The van der Waals surface area contributed by atoms with Crippen molar-refractivity contribution in [2.75, 3.05) is 20.3 Å². The van der Waals surface area contributed by atoms with Gasteiger partial charge in [-0.3, -0.25) is 4.79 Å². The van der Waals surface area contributed by atoms with Crippen molar-refractivity contribution in [3.05, 3.63) is 71.3 Å². The van der Waals surface area contributed by atoms with Gasteiger partial charge in [0.25, 0.3) is 5.91 Å². The van der Waals surface area contributed by atoms with Crippen molar-refractivity contribution in [1.29, 1.82) is 0 Å². The first-order valence-corrected chi connectivity index (χ1v) is 8.88. The molecular formula is C21H25NO4. The minimum Gasteiger partial charge on any atom is -0.380 e. The molecule has 0 aromatic heterocycles. The molecule has 138 valence electrons. The fourth-order valence-electron chi connectivity index (χ4n) is 2.99. The summed E-state index contributed by atoms with van der Waals surface area (Å²) in [7, 11) is 1.65. The van der Waals surface area contributed by atoms with Gasteiger partial charge in [0.15, 0.2) is 0 Å². The standard InChI is InChI=1S/C21H25NO4/c1-24-13-17-7-9-18(10-8-17)21(23)22-19-11-12-25-15-20(19)26-14-16-5-3-2-4-6-16/h2-10,19-20H,11-15H2,1H3,(H,22,23)/t19-,20-/m1/s1. The molecule has 3 rings (SSSR count). The van der Waals surface area contributed by atoms with Gasteiger partial charge in [-0.15, -0.1) is 0 Å². The van der Waals surface area contributed by atoms with Crippen molar-refractivity contribution < 1.29 is 19.0 Å². The Morgan fingerprint density at radius 1 is 1.08 bits per heavy atom. The van der Waals surface area contributed by atoms with E-state index in [2.05, 4.69) is 5.32 Å². The van der Waals surface area contributed by atoms with E-state index in [0.29, 0.717) is 32.0 Å². The number of benzene rings is 2. The minimum absolute atomic E-state index is 0.0568. The van der Waals surface area contributed by atoms with Crippen molar-refractivity contribution in [2.24, 2.45) is 0 Å². The van der Waals surface area contributed by atoms with Crippen LogP contribution in [0.4, 0.5) is 0 Å². The minimum atomic E-state index is -0.152. The molecule has 0 unspecified atom stereocenters. The lowest BCUT2D eigenvalue weighted by Crippen LogP contribution is -2.49. The molecule has 1 N–H and O–H groups in total. The van der Waals surface area contributed by atoms with Gasteiger partial charge in [-0.2, -0.15) is 0 Å². The largest absolute Gasteiger partial charge is 0.380 e. The zero-order valence-corrected chi connectivity index (χ0v) is 15.0. The normalized spacial score (nSPS) is 19.9. The molecule has 0 spiro atoms. The van der Waals surface area contributed by atoms with E-state index in [1.54, 1.807) is 7.11 Å². The van der Waals surface area contributed by atoms with Crippen LogP contribution in [-0.2, 0) is 27.4 Å². The molecule has 0 aliphatic carbocycles. The van der Waals surface area contributed by atoms with Gasteiger partial charge in [-0.05, 0) is 29.7 Å². The summed E-state index contributed by atoms with van der Waals surface area (Å²) in [4.78, 5) is 12.6. The van der Waals surface area contributed by atoms with Crippen LogP contribution in [0.5, 0.6) is 0 Å². The van der Waals surface area contributed by atoms with E-state index in [9.17, 15) is 4.79 Å². The second-order valence-corrected chi connectivity index (χ2v) is 6.41. The number of ether oxygens (including phenoxy) is 3. The average molecular weight is 355 g/mol. The number of carbonyl (C=O) groups excluding carboxylic acids is 1. The van der Waals surface area contributed by atoms with Gasteiger partial charge in [0, 0.05) is 19.3 Å². The van der Waals surface area contributed by atoms with Crippen LogP contribution in [0.3, 0.4) is 0 Å². The smallest absolute Gasteiger partial charge is 0.251 e. The summed E-state index contributed by atoms with van der Waals surface area (Å²) in [6, 6.07) is 17.4. The predicted molar refractivity (Wildman–Crippen MR) is 98.9 cm³/mol. The Morgan fingerprint density at radius 2 is 1.81 bits per heavy atom. The number of nitrogens with one attached hydrogen (secondary N) is 1. The molecule has 1 heterocycles. The first kappa shape index (κ1) is 18.6. The highest BCUT2D eigenvalue weighted by atomic mass is 16.5. The molecule has 2 aromatic carbocycles. The molecule has 1 aliphatic heterocycles. The third-order valence-electron chi connectivity index (χ3n) is 4.45. The molecule has 2 atom stereocenters. The van der Waals surface area contributed by atoms with Gasteiger partial charge in [-0.1, -0.05) is 42.5 Å². The van der Waals surface area contributed by atoms with Gasteiger partial charge in [0.1, 0.15) is 6.10 Å². The lowest BCUT2D eigenvalue weighted by molar-refractivity contribution is -0.0736. The average Bonchev–Trinajstić information content (AvgIpc) is 2.69. The molecule has 1 amide bonds. The summed E-state index contributed by atoms with van der Waals surface area (Å²) in [5.41, 5.74) is 2.79. The van der Waals surface area contributed by atoms with Crippen LogP contribution < -0.4 is 5.32 Å². The van der Waals surface area contributed by atoms with Gasteiger partial charge in [0.2, 0.25) is 0 Å². The van der Waals surface area contributed by atoms with E-state index >= 15 is 0 Å². The Morgan fingerprint density at radius 3 is 2.54 bits per heavy atom. The van der Waals surface area contributed by atoms with E-state index < -0.39 is 0 Å². The van der Waals surface area contributed by atoms with Crippen LogP contribution in [0.1, 0.15) is 27.9 Å². The number of hydrogen-bond donors (Lipinski definition) is 1. The molecule has 2 aromatic rings. The first-order valence-electron chi connectivity index (χ1n) is 8.88. The molecule has 26 heavy (non-hydrogen) atoms. The fourth-order valence-corrected chi connectivity index (χ4v) is 2.99. The number of methoxy groups -OCH3 is 1. The summed E-state index contributed by atoms with van der Waals surface area (Å²) < 4.78 is 16.6. The Kier molecular flexibility index (Phi) is 6.77. The quantitative estimate of drug-likeness (QED) is 0.830. The second kappa shape index (κ2) is 9.48. The monoisotopic (exact) mass is 355 g/mol. The second-order valence-electron chi connectivity index (χ2n) is 6.41. The van der Waals surface area contributed by atoms with Crippen LogP contribution in [0.25, 0.3) is 0 Å². The Hall–Kier alpha value is -2.21. The van der Waals surface area contributed by atoms with Crippen molar-refractivity contribution in [2.45, 2.75) is 31.8 Å². The zero-order chi connectivity index (χ0) is 18.2. The SMILES string of the molecule is COCc1ccc(C(=O)N[C@@H]2CCOC[C@H]2OCc2ccccc2)cc1. The Labute approximate surface area is 154 Å². The van der Waals surface area contributed by atoms with Crippen molar-refractivity contribution in [3.8, 4) is 0 Å². The van der Waals surface area contributed by atoms with Crippen molar-refractivity contribution >= 4 is 5.91 Å². The molecule has 0 bridgehead atoms. The van der Waals surface area contributed by atoms with Gasteiger partial charge < -0.3 is 19.5 Å². The fraction of sp³-hybridized carbons (Fsp3) is 0.381. The molecule has 1 fully saturated rings. The summed E-state index contributed by atoms with van der Waals surface area (Å²) >= 11 is 0. The van der Waals surface area contributed by atoms with Crippen LogP contribution in [0.15, 0.2) is 54.6 Å². The van der Waals surface area contributed by atoms with E-state index in [1.165, 1.54) is 0 Å². The van der Waals surface area contributed by atoms with Crippen LogP contribution >= 0.6 is 0 Å². The van der Waals surface area contributed by atoms with E-state index in [0.717, 1.165) is 17.5 Å². The van der Waals surface area contributed by atoms with E-state index in [1.807, 2.05) is 54.6 Å². The highest BCUT2D eigenvalue weighted by Gasteiger charge is 2.28. The lowest BCUT2D eigenvalue weighted by atomic mass is 10.0. The summed E-state index contributed by atoms with van der Waals surface area (Å²) in [5, 5.41) is 3.10. The third kappa shape index (κ3) is 5.14. The molecule has 0 saturated carbocycles. The molecule has 5 nitrogen and oxygen atoms in total. The van der Waals surface area contributed by atoms with E-state index in [4.69, 9.17) is 14.2 Å². The highest BCUT2D eigenvalue weighted by molar-refractivity contribution is 5.94. The summed E-state index contributed by atoms with van der Waals surface area (Å²) in [6.45, 7) is 2.16. The molecule has 0 radical (unpaired) electrons. The Balaban J connectivity index is 1.57. The third-order valence-corrected chi connectivity index (χ3v) is 4.45. The van der Waals surface area contributed by atoms with E-state index in [-0.39, 0.29) is 18.1 Å².